The van der Waals surface area contributed by atoms with E-state index >= 15 is 0 Å². The van der Waals surface area contributed by atoms with Gasteiger partial charge >= 0.3 is 0 Å². The third kappa shape index (κ3) is 5.96. The molecule has 6 nitrogen and oxygen atoms in total. The van der Waals surface area contributed by atoms with Crippen LogP contribution in [0.25, 0.3) is 0 Å². The lowest BCUT2D eigenvalue weighted by Gasteiger charge is -2.29. The summed E-state index contributed by atoms with van der Waals surface area (Å²) in [6.07, 6.45) is 5.78. The van der Waals surface area contributed by atoms with Crippen LogP contribution in [0.15, 0.2) is 29.3 Å². The average Bonchev–Trinajstić information content (AvgIpc) is 2.64. The zero-order valence-corrected chi connectivity index (χ0v) is 15.4. The third-order valence-electron chi connectivity index (χ3n) is 4.21. The molecule has 2 N–H and O–H groups in total. The van der Waals surface area contributed by atoms with Gasteiger partial charge in [-0.15, -0.1) is 0 Å². The second-order valence-electron chi connectivity index (χ2n) is 6.14. The predicted octanol–water partition coefficient (Wildman–Crippen LogP) is 2.55. The predicted molar refractivity (Wildman–Crippen MR) is 102 cm³/mol. The number of ether oxygens (including phenoxy) is 1. The number of benzene rings is 1. The summed E-state index contributed by atoms with van der Waals surface area (Å²) in [4.78, 5) is 18.2. The van der Waals surface area contributed by atoms with Gasteiger partial charge in [-0.1, -0.05) is 38.3 Å². The summed E-state index contributed by atoms with van der Waals surface area (Å²) in [5, 5.41) is 6.64. The summed E-state index contributed by atoms with van der Waals surface area (Å²) >= 11 is 0. The van der Waals surface area contributed by atoms with Gasteiger partial charge in [0, 0.05) is 26.7 Å². The van der Waals surface area contributed by atoms with Crippen molar-refractivity contribution < 1.29 is 9.53 Å². The Balaban J connectivity index is 1.70. The van der Waals surface area contributed by atoms with E-state index in [1.165, 1.54) is 19.3 Å². The van der Waals surface area contributed by atoms with Crippen molar-refractivity contribution in [3.05, 3.63) is 24.3 Å². The number of carbonyl (C=O) groups is 1. The molecule has 1 aromatic rings. The minimum absolute atomic E-state index is 0.0112. The highest BCUT2D eigenvalue weighted by atomic mass is 16.5. The Bertz CT molecular complexity index is 574. The van der Waals surface area contributed by atoms with Crippen LogP contribution in [-0.4, -0.2) is 45.2 Å². The Hall–Kier alpha value is -2.24. The molecule has 1 aliphatic heterocycles. The lowest BCUT2D eigenvalue weighted by molar-refractivity contribution is -0.121. The monoisotopic (exact) mass is 346 g/mol. The van der Waals surface area contributed by atoms with Crippen LogP contribution in [0.1, 0.15) is 39.0 Å². The molecule has 0 saturated heterocycles. The molecule has 0 aliphatic carbocycles. The molecule has 0 bridgehead atoms. The Morgan fingerprint density at radius 1 is 1.16 bits per heavy atom. The molecule has 0 unspecified atom stereocenters. The quantitative estimate of drug-likeness (QED) is 0.410. The molecule has 0 atom stereocenters. The lowest BCUT2D eigenvalue weighted by Crippen LogP contribution is -2.42. The number of para-hydroxylation sites is 2. The number of hydrogen-bond acceptors (Lipinski definition) is 3. The van der Waals surface area contributed by atoms with Gasteiger partial charge in [0.1, 0.15) is 5.75 Å². The molecule has 138 valence electrons. The number of rotatable bonds is 9. The van der Waals surface area contributed by atoms with Crippen molar-refractivity contribution >= 4 is 17.6 Å². The number of aliphatic imine (C=N–C) groups is 1. The first-order chi connectivity index (χ1) is 12.3. The lowest BCUT2D eigenvalue weighted by atomic mass is 10.2. The van der Waals surface area contributed by atoms with Gasteiger partial charge in [0.25, 0.3) is 5.91 Å². The van der Waals surface area contributed by atoms with Crippen LogP contribution in [0.2, 0.25) is 0 Å². The zero-order valence-electron chi connectivity index (χ0n) is 15.4. The minimum atomic E-state index is 0.0112. The number of carbonyl (C=O) groups excluding carboxylic acids is 1. The first-order valence-corrected chi connectivity index (χ1v) is 9.23. The topological polar surface area (TPSA) is 66.0 Å². The fourth-order valence-electron chi connectivity index (χ4n) is 2.82. The Morgan fingerprint density at radius 2 is 1.92 bits per heavy atom. The molecule has 0 spiro atoms. The number of fused-ring (bicyclic) bond motifs is 1. The molecule has 1 aromatic carbocycles. The number of amides is 1. The Labute approximate surface area is 150 Å². The summed E-state index contributed by atoms with van der Waals surface area (Å²) in [6, 6.07) is 7.68. The van der Waals surface area contributed by atoms with Gasteiger partial charge in [-0.05, 0) is 25.0 Å². The standard InChI is InChI=1S/C19H30N4O2/c1-3-4-5-8-12-21-19(20-2)22-13-9-14-23-16-10-6-7-11-17(16)25-15-18(23)24/h6-7,10-11H,3-5,8-9,12-15H2,1-2H3,(H2,20,21,22). The Morgan fingerprint density at radius 3 is 2.68 bits per heavy atom. The van der Waals surface area contributed by atoms with Crippen molar-refractivity contribution in [3.8, 4) is 5.75 Å². The van der Waals surface area contributed by atoms with Gasteiger partial charge in [-0.25, -0.2) is 0 Å². The highest BCUT2D eigenvalue weighted by Crippen LogP contribution is 2.31. The van der Waals surface area contributed by atoms with Crippen LogP contribution < -0.4 is 20.3 Å². The van der Waals surface area contributed by atoms with E-state index in [-0.39, 0.29) is 12.5 Å². The van der Waals surface area contributed by atoms with Crippen molar-refractivity contribution in [2.75, 3.05) is 38.2 Å². The average molecular weight is 346 g/mol. The van der Waals surface area contributed by atoms with Crippen LogP contribution in [0, 0.1) is 0 Å². The normalized spacial score (nSPS) is 14.1. The third-order valence-corrected chi connectivity index (χ3v) is 4.21. The van der Waals surface area contributed by atoms with Crippen LogP contribution in [0.3, 0.4) is 0 Å². The van der Waals surface area contributed by atoms with Gasteiger partial charge in [0.15, 0.2) is 12.6 Å². The molecule has 25 heavy (non-hydrogen) atoms. The van der Waals surface area contributed by atoms with E-state index in [1.54, 1.807) is 11.9 Å². The molecule has 0 radical (unpaired) electrons. The molecule has 0 fully saturated rings. The molecule has 1 amide bonds. The Kier molecular flexibility index (Phi) is 8.09. The maximum Gasteiger partial charge on any atom is 0.265 e. The summed E-state index contributed by atoms with van der Waals surface area (Å²) in [5.41, 5.74) is 0.859. The van der Waals surface area contributed by atoms with Gasteiger partial charge in [0.05, 0.1) is 5.69 Å². The van der Waals surface area contributed by atoms with E-state index in [0.29, 0.717) is 6.54 Å². The van der Waals surface area contributed by atoms with E-state index in [4.69, 9.17) is 4.74 Å². The second-order valence-corrected chi connectivity index (χ2v) is 6.14. The maximum atomic E-state index is 12.1. The molecule has 1 aliphatic rings. The largest absolute Gasteiger partial charge is 0.482 e. The summed E-state index contributed by atoms with van der Waals surface area (Å²) in [5.74, 6) is 1.61. The number of nitrogens with one attached hydrogen (secondary N) is 2. The van der Waals surface area contributed by atoms with E-state index in [9.17, 15) is 4.79 Å². The highest BCUT2D eigenvalue weighted by molar-refractivity contribution is 5.97. The van der Waals surface area contributed by atoms with Gasteiger partial charge in [-0.3, -0.25) is 9.79 Å². The smallest absolute Gasteiger partial charge is 0.265 e. The van der Waals surface area contributed by atoms with Crippen LogP contribution in [0.4, 0.5) is 5.69 Å². The molecule has 0 saturated carbocycles. The van der Waals surface area contributed by atoms with Gasteiger partial charge < -0.3 is 20.3 Å². The first-order valence-electron chi connectivity index (χ1n) is 9.23. The zero-order chi connectivity index (χ0) is 17.9. The van der Waals surface area contributed by atoms with E-state index < -0.39 is 0 Å². The van der Waals surface area contributed by atoms with Crippen LogP contribution in [0.5, 0.6) is 5.75 Å². The molecular formula is C19H30N4O2. The van der Waals surface area contributed by atoms with E-state index in [1.807, 2.05) is 24.3 Å². The van der Waals surface area contributed by atoms with Gasteiger partial charge in [-0.2, -0.15) is 0 Å². The molecule has 6 heteroatoms. The SMILES string of the molecule is CCCCCCNC(=NC)NCCCN1C(=O)COc2ccccc21. The van der Waals surface area contributed by atoms with Crippen LogP contribution in [-0.2, 0) is 4.79 Å². The molecule has 0 aromatic heterocycles. The number of nitrogens with zero attached hydrogens (tertiary/aromatic N) is 2. The van der Waals surface area contributed by atoms with Crippen molar-refractivity contribution in [1.29, 1.82) is 0 Å². The number of anilines is 1. The minimum Gasteiger partial charge on any atom is -0.482 e. The summed E-state index contributed by atoms with van der Waals surface area (Å²) < 4.78 is 5.46. The van der Waals surface area contributed by atoms with E-state index in [0.717, 1.165) is 43.3 Å². The maximum absolute atomic E-state index is 12.1. The fraction of sp³-hybridized carbons (Fsp3) is 0.579. The summed E-state index contributed by atoms with van der Waals surface area (Å²) in [6.45, 7) is 4.70. The van der Waals surface area contributed by atoms with Crippen molar-refractivity contribution in [2.24, 2.45) is 4.99 Å². The van der Waals surface area contributed by atoms with E-state index in [2.05, 4.69) is 22.5 Å². The molecule has 1 heterocycles. The van der Waals surface area contributed by atoms with Crippen molar-refractivity contribution in [1.82, 2.24) is 10.6 Å². The van der Waals surface area contributed by atoms with Crippen LogP contribution >= 0.6 is 0 Å². The second kappa shape index (κ2) is 10.6. The molecular weight excluding hydrogens is 316 g/mol. The van der Waals surface area contributed by atoms with Crippen molar-refractivity contribution in [2.45, 2.75) is 39.0 Å². The highest BCUT2D eigenvalue weighted by Gasteiger charge is 2.24. The van der Waals surface area contributed by atoms with Crippen molar-refractivity contribution in [3.63, 3.8) is 0 Å². The van der Waals surface area contributed by atoms with Gasteiger partial charge in [0.2, 0.25) is 0 Å². The first kappa shape index (κ1) is 19.1. The number of guanidine groups is 1. The number of unbranched alkanes of at least 4 members (excludes halogenated alkanes) is 3. The fourth-order valence-corrected chi connectivity index (χ4v) is 2.82. The molecule has 2 rings (SSSR count). The summed E-state index contributed by atoms with van der Waals surface area (Å²) in [7, 11) is 1.78. The number of hydrogen-bond donors (Lipinski definition) is 2.